The van der Waals surface area contributed by atoms with Gasteiger partial charge in [-0.1, -0.05) is 33.7 Å². The molecule has 0 radical (unpaired) electrons. The quantitative estimate of drug-likeness (QED) is 0.553. The fraction of sp³-hybridized carbons (Fsp3) is 0.400. The normalized spacial score (nSPS) is 23.7. The van der Waals surface area contributed by atoms with E-state index in [1.54, 1.807) is 0 Å². The number of hydrogen-bond donors (Lipinski definition) is 0. The molecule has 0 fully saturated rings. The van der Waals surface area contributed by atoms with Crippen LogP contribution in [0.2, 0.25) is 0 Å². The zero-order chi connectivity index (χ0) is 8.55. The Morgan fingerprint density at radius 1 is 1.42 bits per heavy atom. The molecule has 1 aliphatic rings. The fourth-order valence-corrected chi connectivity index (χ4v) is 2.08. The SMILES string of the molecule is CC1c2ccccc2CCN1P. The fourth-order valence-electron chi connectivity index (χ4n) is 1.79. The first-order chi connectivity index (χ1) is 5.79. The predicted octanol–water partition coefficient (Wildman–Crippen LogP) is 2.40. The Balaban J connectivity index is 2.42. The highest BCUT2D eigenvalue weighted by molar-refractivity contribution is 7.13. The van der Waals surface area contributed by atoms with E-state index in [0.717, 1.165) is 6.54 Å². The summed E-state index contributed by atoms with van der Waals surface area (Å²) in [4.78, 5) is 0. The molecule has 2 atom stereocenters. The van der Waals surface area contributed by atoms with Gasteiger partial charge in [0.2, 0.25) is 0 Å². The lowest BCUT2D eigenvalue weighted by molar-refractivity contribution is 0.361. The molecule has 2 heteroatoms. The largest absolute Gasteiger partial charge is 0.280 e. The molecule has 0 bridgehead atoms. The van der Waals surface area contributed by atoms with Crippen LogP contribution in [0.15, 0.2) is 24.3 Å². The van der Waals surface area contributed by atoms with E-state index < -0.39 is 0 Å². The van der Waals surface area contributed by atoms with Gasteiger partial charge in [0.05, 0.1) is 0 Å². The summed E-state index contributed by atoms with van der Waals surface area (Å²) in [7, 11) is 2.80. The summed E-state index contributed by atoms with van der Waals surface area (Å²) >= 11 is 0. The van der Waals surface area contributed by atoms with E-state index in [9.17, 15) is 0 Å². The smallest absolute Gasteiger partial charge is 0.0354 e. The van der Waals surface area contributed by atoms with E-state index in [-0.39, 0.29) is 0 Å². The predicted molar refractivity (Wildman–Crippen MR) is 55.0 cm³/mol. The van der Waals surface area contributed by atoms with Crippen LogP contribution in [0, 0.1) is 0 Å². The molecule has 1 heterocycles. The van der Waals surface area contributed by atoms with Crippen LogP contribution < -0.4 is 0 Å². The van der Waals surface area contributed by atoms with Crippen molar-refractivity contribution in [3.05, 3.63) is 35.4 Å². The van der Waals surface area contributed by atoms with Gasteiger partial charge in [-0.3, -0.25) is 4.67 Å². The van der Waals surface area contributed by atoms with Gasteiger partial charge in [0, 0.05) is 12.6 Å². The molecule has 2 unspecified atom stereocenters. The van der Waals surface area contributed by atoms with Gasteiger partial charge in [0.25, 0.3) is 0 Å². The van der Waals surface area contributed by atoms with Crippen molar-refractivity contribution in [1.82, 2.24) is 4.67 Å². The van der Waals surface area contributed by atoms with Crippen molar-refractivity contribution >= 4 is 9.39 Å². The third-order valence-electron chi connectivity index (χ3n) is 2.64. The van der Waals surface area contributed by atoms with Crippen molar-refractivity contribution in [2.45, 2.75) is 19.4 Å². The van der Waals surface area contributed by atoms with Gasteiger partial charge in [0.1, 0.15) is 0 Å². The van der Waals surface area contributed by atoms with E-state index in [1.165, 1.54) is 17.5 Å². The van der Waals surface area contributed by atoms with Crippen molar-refractivity contribution in [2.75, 3.05) is 6.54 Å². The summed E-state index contributed by atoms with van der Waals surface area (Å²) in [5.41, 5.74) is 3.00. The molecule has 0 N–H and O–H groups in total. The minimum atomic E-state index is 0.556. The molecule has 1 aromatic rings. The van der Waals surface area contributed by atoms with Crippen LogP contribution in [0.4, 0.5) is 0 Å². The molecule has 0 saturated carbocycles. The second-order valence-corrected chi connectivity index (χ2v) is 4.03. The van der Waals surface area contributed by atoms with Crippen LogP contribution in [-0.4, -0.2) is 11.2 Å². The summed E-state index contributed by atoms with van der Waals surface area (Å²) in [6, 6.07) is 9.28. The van der Waals surface area contributed by atoms with Crippen LogP contribution in [0.5, 0.6) is 0 Å². The number of fused-ring (bicyclic) bond motifs is 1. The lowest BCUT2D eigenvalue weighted by Gasteiger charge is -2.31. The monoisotopic (exact) mass is 179 g/mol. The molecule has 0 aromatic heterocycles. The first-order valence-electron chi connectivity index (χ1n) is 4.38. The number of rotatable bonds is 0. The van der Waals surface area contributed by atoms with E-state index in [4.69, 9.17) is 0 Å². The van der Waals surface area contributed by atoms with Crippen LogP contribution >= 0.6 is 9.39 Å². The highest BCUT2D eigenvalue weighted by Gasteiger charge is 2.19. The number of nitrogens with zero attached hydrogens (tertiary/aromatic N) is 1. The average Bonchev–Trinajstić information content (AvgIpc) is 2.12. The standard InChI is InChI=1S/C10H14NP/c1-8-10-5-3-2-4-9(10)6-7-11(8)12/h2-5,8H,6-7,12H2,1H3. The molecule has 1 aliphatic heterocycles. The first-order valence-corrected chi connectivity index (χ1v) is 4.90. The first kappa shape index (κ1) is 8.22. The van der Waals surface area contributed by atoms with Crippen molar-refractivity contribution in [1.29, 1.82) is 0 Å². The van der Waals surface area contributed by atoms with Crippen LogP contribution in [0.1, 0.15) is 24.1 Å². The molecular formula is C10H14NP. The summed E-state index contributed by atoms with van der Waals surface area (Å²) < 4.78 is 2.32. The molecule has 0 saturated heterocycles. The number of benzene rings is 1. The van der Waals surface area contributed by atoms with Crippen molar-refractivity contribution in [3.8, 4) is 0 Å². The van der Waals surface area contributed by atoms with Crippen LogP contribution in [-0.2, 0) is 6.42 Å². The lowest BCUT2D eigenvalue weighted by Crippen LogP contribution is -2.25. The van der Waals surface area contributed by atoms with E-state index in [0.29, 0.717) is 6.04 Å². The molecule has 1 nitrogen and oxygen atoms in total. The highest BCUT2D eigenvalue weighted by atomic mass is 31.0. The van der Waals surface area contributed by atoms with Crippen molar-refractivity contribution in [2.24, 2.45) is 0 Å². The second kappa shape index (κ2) is 3.16. The van der Waals surface area contributed by atoms with Crippen molar-refractivity contribution in [3.63, 3.8) is 0 Å². The minimum Gasteiger partial charge on any atom is -0.280 e. The Morgan fingerprint density at radius 3 is 3.00 bits per heavy atom. The second-order valence-electron chi connectivity index (χ2n) is 3.36. The van der Waals surface area contributed by atoms with E-state index in [1.807, 2.05) is 0 Å². The Kier molecular flexibility index (Phi) is 2.16. The summed E-state index contributed by atoms with van der Waals surface area (Å²) in [6.45, 7) is 3.41. The third kappa shape index (κ3) is 1.28. The van der Waals surface area contributed by atoms with Crippen LogP contribution in [0.3, 0.4) is 0 Å². The Hall–Kier alpha value is -0.390. The minimum absolute atomic E-state index is 0.556. The molecular weight excluding hydrogens is 165 g/mol. The molecule has 64 valence electrons. The third-order valence-corrected chi connectivity index (χ3v) is 3.35. The van der Waals surface area contributed by atoms with Gasteiger partial charge in [-0.15, -0.1) is 0 Å². The molecule has 1 aromatic carbocycles. The van der Waals surface area contributed by atoms with Gasteiger partial charge in [-0.2, -0.15) is 0 Å². The van der Waals surface area contributed by atoms with Gasteiger partial charge in [0.15, 0.2) is 0 Å². The lowest BCUT2D eigenvalue weighted by atomic mass is 9.96. The maximum absolute atomic E-state index is 2.80. The summed E-state index contributed by atoms with van der Waals surface area (Å²) in [6.07, 6.45) is 1.18. The van der Waals surface area contributed by atoms with Crippen molar-refractivity contribution < 1.29 is 0 Å². The van der Waals surface area contributed by atoms with Gasteiger partial charge >= 0.3 is 0 Å². The molecule has 0 spiro atoms. The molecule has 0 aliphatic carbocycles. The maximum Gasteiger partial charge on any atom is 0.0354 e. The number of hydrogen-bond acceptors (Lipinski definition) is 1. The summed E-state index contributed by atoms with van der Waals surface area (Å²) in [5, 5.41) is 0. The highest BCUT2D eigenvalue weighted by Crippen LogP contribution is 2.30. The van der Waals surface area contributed by atoms with Gasteiger partial charge in [-0.05, 0) is 24.5 Å². The topological polar surface area (TPSA) is 3.24 Å². The van der Waals surface area contributed by atoms with E-state index in [2.05, 4.69) is 45.3 Å². The Bertz CT molecular complexity index is 285. The average molecular weight is 179 g/mol. The van der Waals surface area contributed by atoms with Gasteiger partial charge in [-0.25, -0.2) is 0 Å². The zero-order valence-electron chi connectivity index (χ0n) is 7.33. The van der Waals surface area contributed by atoms with Gasteiger partial charge < -0.3 is 0 Å². The van der Waals surface area contributed by atoms with E-state index >= 15 is 0 Å². The molecule has 2 rings (SSSR count). The molecule has 12 heavy (non-hydrogen) atoms. The summed E-state index contributed by atoms with van der Waals surface area (Å²) in [5.74, 6) is 0. The zero-order valence-corrected chi connectivity index (χ0v) is 8.48. The Labute approximate surface area is 76.0 Å². The Morgan fingerprint density at radius 2 is 2.17 bits per heavy atom. The van der Waals surface area contributed by atoms with Crippen LogP contribution in [0.25, 0.3) is 0 Å². The maximum atomic E-state index is 2.80. The molecule has 0 amide bonds.